The van der Waals surface area contributed by atoms with Gasteiger partial charge >= 0.3 is 0 Å². The van der Waals surface area contributed by atoms with E-state index < -0.39 is 0 Å². The summed E-state index contributed by atoms with van der Waals surface area (Å²) in [5, 5.41) is 2.25. The quantitative estimate of drug-likeness (QED) is 0.285. The number of hydrogen-bond donors (Lipinski definition) is 1. The molecule has 7 nitrogen and oxygen atoms in total. The number of rotatable bonds is 9. The zero-order valence-electron chi connectivity index (χ0n) is 18.2. The third-order valence-electron chi connectivity index (χ3n) is 4.66. The van der Waals surface area contributed by atoms with Gasteiger partial charge in [0.1, 0.15) is 12.0 Å². The molecule has 164 valence electrons. The van der Waals surface area contributed by atoms with Crippen molar-refractivity contribution in [1.29, 1.82) is 0 Å². The van der Waals surface area contributed by atoms with Crippen LogP contribution in [0.15, 0.2) is 18.2 Å². The Balaban J connectivity index is 0.000000414. The molecule has 1 N–H and O–H groups in total. The first kappa shape index (κ1) is 25.2. The minimum Gasteiger partial charge on any atom is -0.494 e. The van der Waals surface area contributed by atoms with E-state index in [4.69, 9.17) is 4.74 Å². The van der Waals surface area contributed by atoms with E-state index in [0.29, 0.717) is 42.7 Å². The van der Waals surface area contributed by atoms with Gasteiger partial charge in [-0.25, -0.2) is 0 Å². The van der Waals surface area contributed by atoms with Crippen molar-refractivity contribution in [1.82, 2.24) is 5.32 Å². The summed E-state index contributed by atoms with van der Waals surface area (Å²) in [5.41, 5.74) is 0.852. The third kappa shape index (κ3) is 8.27. The normalized spacial score (nSPS) is 15.7. The predicted molar refractivity (Wildman–Crippen MR) is 113 cm³/mol. The van der Waals surface area contributed by atoms with E-state index in [0.717, 1.165) is 19.1 Å². The molecule has 30 heavy (non-hydrogen) atoms. The number of amides is 2. The molecule has 0 spiro atoms. The van der Waals surface area contributed by atoms with Crippen LogP contribution in [-0.2, 0) is 14.4 Å². The number of imide groups is 1. The van der Waals surface area contributed by atoms with Gasteiger partial charge in [-0.2, -0.15) is 0 Å². The number of benzene rings is 1. The van der Waals surface area contributed by atoms with Gasteiger partial charge in [-0.05, 0) is 44.4 Å². The van der Waals surface area contributed by atoms with Crippen molar-refractivity contribution < 1.29 is 28.7 Å². The number of Topliss-reactive ketones (excluding diaryl/α,β-unsaturated/α-hetero) is 2. The summed E-state index contributed by atoms with van der Waals surface area (Å²) >= 11 is 0. The molecule has 1 atom stereocenters. The number of carbonyl (C=O) groups is 5. The Morgan fingerprint density at radius 2 is 1.90 bits per heavy atom. The summed E-state index contributed by atoms with van der Waals surface area (Å²) in [6, 6.07) is 4.99. The van der Waals surface area contributed by atoms with E-state index in [-0.39, 0.29) is 35.2 Å². The van der Waals surface area contributed by atoms with Crippen LogP contribution >= 0.6 is 0 Å². The van der Waals surface area contributed by atoms with Gasteiger partial charge in [-0.1, -0.05) is 20.8 Å². The number of ketones is 2. The molecule has 2 amide bonds. The van der Waals surface area contributed by atoms with Crippen molar-refractivity contribution in [3.63, 3.8) is 0 Å². The lowest BCUT2D eigenvalue weighted by Crippen LogP contribution is -2.39. The number of ether oxygens (including phenoxy) is 1. The second-order valence-corrected chi connectivity index (χ2v) is 7.65. The summed E-state index contributed by atoms with van der Waals surface area (Å²) in [4.78, 5) is 55.2. The van der Waals surface area contributed by atoms with Crippen LogP contribution in [0.25, 0.3) is 0 Å². The molecule has 2 rings (SSSR count). The number of unbranched alkanes of at least 4 members (excludes halogenated alkanes) is 2. The van der Waals surface area contributed by atoms with Crippen LogP contribution in [-0.4, -0.2) is 36.3 Å². The summed E-state index contributed by atoms with van der Waals surface area (Å²) in [7, 11) is 0. The van der Waals surface area contributed by atoms with E-state index in [1.54, 1.807) is 18.2 Å². The molecule has 0 aromatic heterocycles. The molecular formula is C23H31NO6. The fraction of sp³-hybridized carbons (Fsp3) is 0.522. The van der Waals surface area contributed by atoms with Crippen molar-refractivity contribution in [2.75, 3.05) is 6.61 Å². The third-order valence-corrected chi connectivity index (χ3v) is 4.66. The highest BCUT2D eigenvalue weighted by Crippen LogP contribution is 2.21. The molecule has 1 aliphatic rings. The average molecular weight is 418 g/mol. The first-order valence-electron chi connectivity index (χ1n) is 10.3. The molecule has 1 fully saturated rings. The van der Waals surface area contributed by atoms with Gasteiger partial charge in [0.05, 0.1) is 6.61 Å². The number of piperidine rings is 1. The fourth-order valence-corrected chi connectivity index (χ4v) is 2.75. The highest BCUT2D eigenvalue weighted by molar-refractivity contribution is 6.08. The number of aldehydes is 1. The highest BCUT2D eigenvalue weighted by atomic mass is 16.5. The largest absolute Gasteiger partial charge is 0.494 e. The summed E-state index contributed by atoms with van der Waals surface area (Å²) in [6.45, 7) is 7.37. The molecule has 0 saturated carbocycles. The second-order valence-electron chi connectivity index (χ2n) is 7.65. The maximum absolute atomic E-state index is 12.1. The molecule has 0 radical (unpaired) electrons. The van der Waals surface area contributed by atoms with Gasteiger partial charge in [-0.15, -0.1) is 0 Å². The first-order chi connectivity index (χ1) is 14.2. The molecular weight excluding hydrogens is 386 g/mol. The Labute approximate surface area is 177 Å². The SMILES string of the molecule is CC(=O)c1cc(OCCCCC=O)ccc1C(=O)C(C)C.CC1CCC(=O)NC1=O. The smallest absolute Gasteiger partial charge is 0.229 e. The topological polar surface area (TPSA) is 107 Å². The minimum atomic E-state index is -0.154. The van der Waals surface area contributed by atoms with Crippen molar-refractivity contribution in [3.8, 4) is 5.75 Å². The number of hydrogen-bond acceptors (Lipinski definition) is 6. The lowest BCUT2D eigenvalue weighted by Gasteiger charge is -2.15. The molecule has 1 saturated heterocycles. The van der Waals surface area contributed by atoms with Crippen LogP contribution in [0.3, 0.4) is 0 Å². The van der Waals surface area contributed by atoms with Crippen LogP contribution in [0.1, 0.15) is 80.5 Å². The molecule has 0 aliphatic carbocycles. The van der Waals surface area contributed by atoms with Gasteiger partial charge in [-0.3, -0.25) is 24.5 Å². The van der Waals surface area contributed by atoms with Gasteiger partial charge in [0.15, 0.2) is 11.6 Å². The Hall–Kier alpha value is -2.83. The maximum atomic E-state index is 12.1. The Morgan fingerprint density at radius 1 is 1.20 bits per heavy atom. The van der Waals surface area contributed by atoms with Crippen molar-refractivity contribution >= 4 is 29.7 Å². The predicted octanol–water partition coefficient (Wildman–Crippen LogP) is 3.54. The number of nitrogens with one attached hydrogen (secondary N) is 1. The molecule has 1 aromatic carbocycles. The van der Waals surface area contributed by atoms with Gasteiger partial charge in [0.2, 0.25) is 11.8 Å². The van der Waals surface area contributed by atoms with E-state index in [2.05, 4.69) is 5.32 Å². The van der Waals surface area contributed by atoms with Gasteiger partial charge in [0, 0.05) is 35.8 Å². The van der Waals surface area contributed by atoms with Crippen molar-refractivity contribution in [2.45, 2.75) is 59.8 Å². The molecule has 1 aromatic rings. The zero-order valence-corrected chi connectivity index (χ0v) is 18.2. The Kier molecular flexibility index (Phi) is 10.6. The van der Waals surface area contributed by atoms with Gasteiger partial charge < -0.3 is 9.53 Å². The highest BCUT2D eigenvalue weighted by Gasteiger charge is 2.21. The fourth-order valence-electron chi connectivity index (χ4n) is 2.75. The average Bonchev–Trinajstić information content (AvgIpc) is 2.70. The van der Waals surface area contributed by atoms with E-state index in [1.165, 1.54) is 6.92 Å². The standard InChI is InChI=1S/C17H22O4.C6H9NO2/c1-12(2)17(20)15-8-7-14(11-16(15)13(3)19)21-10-6-4-5-9-18;1-4-2-3-5(8)7-6(4)9/h7-9,11-12H,4-6,10H2,1-3H3;4H,2-3H2,1H3,(H,7,8,9). The van der Waals surface area contributed by atoms with Crippen LogP contribution < -0.4 is 10.1 Å². The molecule has 1 heterocycles. The van der Waals surface area contributed by atoms with Crippen molar-refractivity contribution in [3.05, 3.63) is 29.3 Å². The maximum Gasteiger partial charge on any atom is 0.229 e. The van der Waals surface area contributed by atoms with Crippen LogP contribution in [0.5, 0.6) is 5.75 Å². The molecule has 1 aliphatic heterocycles. The number of carbonyl (C=O) groups excluding carboxylic acids is 5. The monoisotopic (exact) mass is 417 g/mol. The molecule has 0 bridgehead atoms. The van der Waals surface area contributed by atoms with Crippen LogP contribution in [0, 0.1) is 11.8 Å². The summed E-state index contributed by atoms with van der Waals surface area (Å²) in [5.74, 6) is -0.0278. The summed E-state index contributed by atoms with van der Waals surface area (Å²) < 4.78 is 5.56. The molecule has 7 heteroatoms. The van der Waals surface area contributed by atoms with E-state index in [1.807, 2.05) is 20.8 Å². The lowest BCUT2D eigenvalue weighted by atomic mass is 9.94. The Morgan fingerprint density at radius 3 is 2.43 bits per heavy atom. The van der Waals surface area contributed by atoms with E-state index >= 15 is 0 Å². The molecule has 1 unspecified atom stereocenters. The first-order valence-corrected chi connectivity index (χ1v) is 10.3. The minimum absolute atomic E-state index is 0.0164. The Bertz CT molecular complexity index is 784. The van der Waals surface area contributed by atoms with E-state index in [9.17, 15) is 24.0 Å². The zero-order chi connectivity index (χ0) is 22.7. The van der Waals surface area contributed by atoms with Crippen LogP contribution in [0.2, 0.25) is 0 Å². The second kappa shape index (κ2) is 12.7. The van der Waals surface area contributed by atoms with Crippen molar-refractivity contribution in [2.24, 2.45) is 11.8 Å². The summed E-state index contributed by atoms with van der Waals surface area (Å²) in [6.07, 6.45) is 4.18. The lowest BCUT2D eigenvalue weighted by molar-refractivity contribution is -0.135. The van der Waals surface area contributed by atoms with Crippen LogP contribution in [0.4, 0.5) is 0 Å². The van der Waals surface area contributed by atoms with Gasteiger partial charge in [0.25, 0.3) is 0 Å².